The first-order valence-electron chi connectivity index (χ1n) is 6.97. The standard InChI is InChI=1S/C17H18N2O2/c1-11-9-12(21-2)7-8-15(11)19-17(20)14-10-18-16-6-4-3-5-13(14)16/h3-9,14,18H,10H2,1-2H3,(H,19,20). The number of hydrogen-bond donors (Lipinski definition) is 2. The summed E-state index contributed by atoms with van der Waals surface area (Å²) in [6.07, 6.45) is 0. The maximum Gasteiger partial charge on any atom is 0.233 e. The Hall–Kier alpha value is -2.49. The molecule has 1 aliphatic rings. The largest absolute Gasteiger partial charge is 0.497 e. The van der Waals surface area contributed by atoms with Crippen LogP contribution in [0, 0.1) is 6.92 Å². The van der Waals surface area contributed by atoms with Crippen LogP contribution in [0.3, 0.4) is 0 Å². The molecule has 0 aromatic heterocycles. The third-order valence-corrected chi connectivity index (χ3v) is 3.84. The molecule has 0 spiro atoms. The summed E-state index contributed by atoms with van der Waals surface area (Å²) in [5, 5.41) is 6.28. The number of hydrogen-bond acceptors (Lipinski definition) is 3. The highest BCUT2D eigenvalue weighted by molar-refractivity contribution is 5.98. The lowest BCUT2D eigenvalue weighted by Gasteiger charge is -2.13. The molecule has 108 valence electrons. The number of ether oxygens (including phenoxy) is 1. The molecule has 0 saturated heterocycles. The van der Waals surface area contributed by atoms with E-state index < -0.39 is 0 Å². The number of rotatable bonds is 3. The van der Waals surface area contributed by atoms with E-state index in [1.54, 1.807) is 7.11 Å². The van der Waals surface area contributed by atoms with Crippen molar-refractivity contribution < 1.29 is 9.53 Å². The maximum atomic E-state index is 12.5. The Morgan fingerprint density at radius 2 is 2.10 bits per heavy atom. The lowest BCUT2D eigenvalue weighted by atomic mass is 10.0. The van der Waals surface area contributed by atoms with E-state index >= 15 is 0 Å². The number of methoxy groups -OCH3 is 1. The minimum Gasteiger partial charge on any atom is -0.497 e. The average molecular weight is 282 g/mol. The molecule has 2 N–H and O–H groups in total. The van der Waals surface area contributed by atoms with Gasteiger partial charge in [0.25, 0.3) is 0 Å². The van der Waals surface area contributed by atoms with Gasteiger partial charge in [-0.25, -0.2) is 0 Å². The Morgan fingerprint density at radius 3 is 2.86 bits per heavy atom. The van der Waals surface area contributed by atoms with Gasteiger partial charge in [-0.05, 0) is 42.3 Å². The second-order valence-corrected chi connectivity index (χ2v) is 5.19. The predicted molar refractivity (Wildman–Crippen MR) is 84.0 cm³/mol. The normalized spacial score (nSPS) is 16.0. The SMILES string of the molecule is COc1ccc(NC(=O)C2CNc3ccccc32)c(C)c1. The van der Waals surface area contributed by atoms with Crippen LogP contribution < -0.4 is 15.4 Å². The van der Waals surface area contributed by atoms with E-state index in [4.69, 9.17) is 4.74 Å². The van der Waals surface area contributed by atoms with Crippen molar-refractivity contribution in [2.45, 2.75) is 12.8 Å². The fraction of sp³-hybridized carbons (Fsp3) is 0.235. The number of carbonyl (C=O) groups is 1. The minimum absolute atomic E-state index is 0.0146. The molecule has 0 bridgehead atoms. The van der Waals surface area contributed by atoms with Crippen molar-refractivity contribution >= 4 is 17.3 Å². The topological polar surface area (TPSA) is 50.4 Å². The van der Waals surface area contributed by atoms with Gasteiger partial charge in [0.15, 0.2) is 0 Å². The minimum atomic E-state index is -0.150. The lowest BCUT2D eigenvalue weighted by molar-refractivity contribution is -0.117. The molecule has 2 aromatic carbocycles. The van der Waals surface area contributed by atoms with Crippen molar-refractivity contribution in [1.82, 2.24) is 0 Å². The lowest BCUT2D eigenvalue weighted by Crippen LogP contribution is -2.22. The van der Waals surface area contributed by atoms with E-state index in [-0.39, 0.29) is 11.8 Å². The van der Waals surface area contributed by atoms with Gasteiger partial charge in [0.1, 0.15) is 5.75 Å². The van der Waals surface area contributed by atoms with Crippen LogP contribution in [0.4, 0.5) is 11.4 Å². The van der Waals surface area contributed by atoms with Crippen LogP contribution in [0.15, 0.2) is 42.5 Å². The average Bonchev–Trinajstić information content (AvgIpc) is 2.93. The van der Waals surface area contributed by atoms with Crippen LogP contribution in [0.2, 0.25) is 0 Å². The van der Waals surface area contributed by atoms with Crippen LogP contribution in [-0.2, 0) is 4.79 Å². The van der Waals surface area contributed by atoms with Crippen LogP contribution in [0.1, 0.15) is 17.0 Å². The zero-order chi connectivity index (χ0) is 14.8. The Labute approximate surface area is 124 Å². The van der Waals surface area contributed by atoms with Gasteiger partial charge in [0, 0.05) is 17.9 Å². The van der Waals surface area contributed by atoms with Crippen LogP contribution >= 0.6 is 0 Å². The van der Waals surface area contributed by atoms with Gasteiger partial charge >= 0.3 is 0 Å². The molecule has 0 fully saturated rings. The van der Waals surface area contributed by atoms with E-state index in [1.165, 1.54) is 0 Å². The molecular formula is C17H18N2O2. The summed E-state index contributed by atoms with van der Waals surface area (Å²) in [5.41, 5.74) is 3.91. The third kappa shape index (κ3) is 2.57. The van der Waals surface area contributed by atoms with Crippen molar-refractivity contribution in [2.24, 2.45) is 0 Å². The zero-order valence-corrected chi connectivity index (χ0v) is 12.1. The summed E-state index contributed by atoms with van der Waals surface area (Å²) in [6, 6.07) is 13.6. The van der Waals surface area contributed by atoms with Gasteiger partial charge < -0.3 is 15.4 Å². The molecule has 21 heavy (non-hydrogen) atoms. The molecule has 1 heterocycles. The van der Waals surface area contributed by atoms with E-state index in [9.17, 15) is 4.79 Å². The molecule has 3 rings (SSSR count). The second kappa shape index (κ2) is 5.48. The van der Waals surface area contributed by atoms with Gasteiger partial charge in [0.2, 0.25) is 5.91 Å². The first-order valence-corrected chi connectivity index (χ1v) is 6.97. The molecule has 1 unspecified atom stereocenters. The van der Waals surface area contributed by atoms with Crippen molar-refractivity contribution in [3.05, 3.63) is 53.6 Å². The van der Waals surface area contributed by atoms with Gasteiger partial charge in [-0.2, -0.15) is 0 Å². The van der Waals surface area contributed by atoms with Gasteiger partial charge in [-0.15, -0.1) is 0 Å². The van der Waals surface area contributed by atoms with E-state index in [0.717, 1.165) is 28.3 Å². The van der Waals surface area contributed by atoms with Gasteiger partial charge in [0.05, 0.1) is 13.0 Å². The van der Waals surface area contributed by atoms with Crippen molar-refractivity contribution in [2.75, 3.05) is 24.3 Å². The van der Waals surface area contributed by atoms with Crippen LogP contribution in [0.25, 0.3) is 0 Å². The van der Waals surface area contributed by atoms with Gasteiger partial charge in [-0.1, -0.05) is 18.2 Å². The molecule has 1 amide bonds. The van der Waals surface area contributed by atoms with Crippen molar-refractivity contribution in [3.63, 3.8) is 0 Å². The number of fused-ring (bicyclic) bond motifs is 1. The summed E-state index contributed by atoms with van der Waals surface area (Å²) < 4.78 is 5.18. The van der Waals surface area contributed by atoms with Crippen molar-refractivity contribution in [1.29, 1.82) is 0 Å². The fourth-order valence-electron chi connectivity index (χ4n) is 2.64. The molecule has 0 radical (unpaired) electrons. The first-order chi connectivity index (χ1) is 10.2. The Bertz CT molecular complexity index is 682. The Morgan fingerprint density at radius 1 is 1.29 bits per heavy atom. The smallest absolute Gasteiger partial charge is 0.233 e. The molecule has 4 nitrogen and oxygen atoms in total. The van der Waals surface area contributed by atoms with Gasteiger partial charge in [-0.3, -0.25) is 4.79 Å². The van der Waals surface area contributed by atoms with Crippen LogP contribution in [0.5, 0.6) is 5.75 Å². The zero-order valence-electron chi connectivity index (χ0n) is 12.1. The number of carbonyl (C=O) groups excluding carboxylic acids is 1. The Kier molecular flexibility index (Phi) is 3.52. The van der Waals surface area contributed by atoms with E-state index in [2.05, 4.69) is 10.6 Å². The Balaban J connectivity index is 1.79. The quantitative estimate of drug-likeness (QED) is 0.909. The number of nitrogens with one attached hydrogen (secondary N) is 2. The monoisotopic (exact) mass is 282 g/mol. The number of anilines is 2. The summed E-state index contributed by atoms with van der Waals surface area (Å²) >= 11 is 0. The van der Waals surface area contributed by atoms with Crippen molar-refractivity contribution in [3.8, 4) is 5.75 Å². The highest BCUT2D eigenvalue weighted by Crippen LogP contribution is 2.32. The first kappa shape index (κ1) is 13.5. The second-order valence-electron chi connectivity index (χ2n) is 5.19. The molecular weight excluding hydrogens is 264 g/mol. The molecule has 0 saturated carbocycles. The summed E-state index contributed by atoms with van der Waals surface area (Å²) in [4.78, 5) is 12.5. The maximum absolute atomic E-state index is 12.5. The molecule has 0 aliphatic carbocycles. The number of aryl methyl sites for hydroxylation is 1. The highest BCUT2D eigenvalue weighted by atomic mass is 16.5. The molecule has 4 heteroatoms. The third-order valence-electron chi connectivity index (χ3n) is 3.84. The van der Waals surface area contributed by atoms with E-state index in [1.807, 2.05) is 49.4 Å². The van der Waals surface area contributed by atoms with E-state index in [0.29, 0.717) is 6.54 Å². The molecule has 1 aliphatic heterocycles. The number of amides is 1. The summed E-state index contributed by atoms with van der Waals surface area (Å²) in [6.45, 7) is 2.60. The summed E-state index contributed by atoms with van der Waals surface area (Å²) in [7, 11) is 1.63. The number of para-hydroxylation sites is 1. The van der Waals surface area contributed by atoms with Crippen LogP contribution in [-0.4, -0.2) is 19.6 Å². The summed E-state index contributed by atoms with van der Waals surface area (Å²) in [5.74, 6) is 0.654. The molecule has 2 aromatic rings. The fourth-order valence-corrected chi connectivity index (χ4v) is 2.64. The number of benzene rings is 2. The predicted octanol–water partition coefficient (Wildman–Crippen LogP) is 3.15. The highest BCUT2D eigenvalue weighted by Gasteiger charge is 2.28. The molecule has 1 atom stereocenters.